The van der Waals surface area contributed by atoms with Gasteiger partial charge in [-0.15, -0.1) is 0 Å². The smallest absolute Gasteiger partial charge is 0.225 e. The first-order valence-corrected chi connectivity index (χ1v) is 9.91. The van der Waals surface area contributed by atoms with Gasteiger partial charge in [-0.25, -0.2) is 28.1 Å². The van der Waals surface area contributed by atoms with Crippen LogP contribution in [0.4, 0.5) is 5.82 Å². The molecule has 3 aromatic rings. The summed E-state index contributed by atoms with van der Waals surface area (Å²) in [5.41, 5.74) is 1.51. The van der Waals surface area contributed by atoms with Crippen molar-refractivity contribution in [3.63, 3.8) is 0 Å². The Morgan fingerprint density at radius 1 is 1.38 bits per heavy atom. The number of anilines is 1. The van der Waals surface area contributed by atoms with E-state index in [1.54, 1.807) is 24.8 Å². The van der Waals surface area contributed by atoms with Crippen molar-refractivity contribution < 1.29 is 8.42 Å². The molecule has 1 fully saturated rings. The zero-order valence-electron chi connectivity index (χ0n) is 13.9. The molecule has 1 unspecified atom stereocenters. The number of sulfonamides is 1. The van der Waals surface area contributed by atoms with Crippen molar-refractivity contribution >= 4 is 37.8 Å². The van der Waals surface area contributed by atoms with Crippen molar-refractivity contribution in [3.05, 3.63) is 24.8 Å². The number of pyridine rings is 1. The normalized spacial score (nSPS) is 18.3. The third kappa shape index (κ3) is 3.07. The van der Waals surface area contributed by atoms with Crippen LogP contribution in [0.1, 0.15) is 12.8 Å². The molecule has 9 nitrogen and oxygen atoms in total. The van der Waals surface area contributed by atoms with E-state index in [-0.39, 0.29) is 6.04 Å². The summed E-state index contributed by atoms with van der Waals surface area (Å²) in [6.45, 7) is 1.27. The average molecular weight is 371 g/mol. The Balaban J connectivity index is 1.69. The van der Waals surface area contributed by atoms with E-state index >= 15 is 0 Å². The molecule has 134 valence electrons. The van der Waals surface area contributed by atoms with Crippen molar-refractivity contribution in [1.82, 2.24) is 24.7 Å². The van der Waals surface area contributed by atoms with E-state index < -0.39 is 15.8 Å². The van der Waals surface area contributed by atoms with Crippen LogP contribution >= 0.6 is 0 Å². The molecule has 4 heterocycles. The van der Waals surface area contributed by atoms with Gasteiger partial charge >= 0.3 is 0 Å². The minimum Gasteiger partial charge on any atom is -0.354 e. The summed E-state index contributed by atoms with van der Waals surface area (Å²) >= 11 is 0. The summed E-state index contributed by atoms with van der Waals surface area (Å²) in [5, 5.41) is 10.5. The van der Waals surface area contributed by atoms with E-state index in [0.29, 0.717) is 12.2 Å². The Bertz CT molecular complexity index is 1100. The minimum absolute atomic E-state index is 0.252. The Kier molecular flexibility index (Phi) is 4.18. The van der Waals surface area contributed by atoms with Crippen molar-refractivity contribution in [2.24, 2.45) is 0 Å². The van der Waals surface area contributed by atoms with Crippen LogP contribution in [0, 0.1) is 11.3 Å². The maximum atomic E-state index is 11.9. The fourth-order valence-electron chi connectivity index (χ4n) is 3.42. The lowest BCUT2D eigenvalue weighted by Crippen LogP contribution is -2.48. The average Bonchev–Trinajstić information content (AvgIpc) is 3.10. The molecule has 26 heavy (non-hydrogen) atoms. The minimum atomic E-state index is -3.59. The number of aromatic amines is 1. The fourth-order valence-corrected chi connectivity index (χ4v) is 4.38. The van der Waals surface area contributed by atoms with Crippen LogP contribution in [-0.4, -0.2) is 53.2 Å². The van der Waals surface area contributed by atoms with E-state index in [4.69, 9.17) is 5.26 Å². The Morgan fingerprint density at radius 2 is 2.27 bits per heavy atom. The van der Waals surface area contributed by atoms with Gasteiger partial charge in [0, 0.05) is 30.7 Å². The van der Waals surface area contributed by atoms with Crippen molar-refractivity contribution in [2.45, 2.75) is 18.9 Å². The number of hydrogen-bond donors (Lipinski definition) is 2. The van der Waals surface area contributed by atoms with Gasteiger partial charge in [0.25, 0.3) is 0 Å². The number of nitriles is 1. The molecule has 1 aliphatic heterocycles. The number of nitrogens with zero attached hydrogens (tertiary/aromatic N) is 5. The third-order valence-electron chi connectivity index (χ3n) is 4.49. The highest BCUT2D eigenvalue weighted by Crippen LogP contribution is 2.30. The predicted octanol–water partition coefficient (Wildman–Crippen LogP) is 0.918. The lowest BCUT2D eigenvalue weighted by atomic mass is 10.1. The van der Waals surface area contributed by atoms with E-state index in [1.807, 2.05) is 6.07 Å². The number of aromatic nitrogens is 4. The van der Waals surface area contributed by atoms with Crippen LogP contribution in [-0.2, 0) is 10.0 Å². The SMILES string of the molecule is N#CCS(=O)(=O)NC1CCCN(c2nc[nH]c3cnc4nccc4c23)C1. The zero-order chi connectivity index (χ0) is 18.1. The summed E-state index contributed by atoms with van der Waals surface area (Å²) in [7, 11) is -3.59. The maximum Gasteiger partial charge on any atom is 0.225 e. The second-order valence-corrected chi connectivity index (χ2v) is 8.03. The summed E-state index contributed by atoms with van der Waals surface area (Å²) < 4.78 is 26.4. The van der Waals surface area contributed by atoms with Gasteiger partial charge in [0.2, 0.25) is 10.0 Å². The van der Waals surface area contributed by atoms with Crippen molar-refractivity contribution in [1.29, 1.82) is 5.26 Å². The highest BCUT2D eigenvalue weighted by Gasteiger charge is 2.26. The highest BCUT2D eigenvalue weighted by atomic mass is 32.2. The first kappa shape index (κ1) is 16.7. The molecule has 1 saturated heterocycles. The molecule has 0 spiro atoms. The molecule has 1 atom stereocenters. The first-order chi connectivity index (χ1) is 12.6. The molecule has 2 N–H and O–H groups in total. The predicted molar refractivity (Wildman–Crippen MR) is 97.0 cm³/mol. The largest absolute Gasteiger partial charge is 0.354 e. The molecule has 0 amide bonds. The molecule has 0 saturated carbocycles. The van der Waals surface area contributed by atoms with Gasteiger partial charge in [-0.2, -0.15) is 5.26 Å². The number of nitrogens with one attached hydrogen (secondary N) is 2. The Morgan fingerprint density at radius 3 is 3.12 bits per heavy atom. The van der Waals surface area contributed by atoms with Crippen LogP contribution in [0.15, 0.2) is 24.8 Å². The van der Waals surface area contributed by atoms with Crippen LogP contribution < -0.4 is 9.62 Å². The number of H-pyrrole nitrogens is 1. The highest BCUT2D eigenvalue weighted by molar-refractivity contribution is 7.89. The van der Waals surface area contributed by atoms with Crippen LogP contribution in [0.5, 0.6) is 0 Å². The van der Waals surface area contributed by atoms with E-state index in [2.05, 4.69) is 29.6 Å². The summed E-state index contributed by atoms with van der Waals surface area (Å²) in [6, 6.07) is 3.34. The first-order valence-electron chi connectivity index (χ1n) is 8.26. The quantitative estimate of drug-likeness (QED) is 0.698. The zero-order valence-corrected chi connectivity index (χ0v) is 14.7. The summed E-state index contributed by atoms with van der Waals surface area (Å²) in [4.78, 5) is 18.3. The second kappa shape index (κ2) is 6.51. The van der Waals surface area contributed by atoms with Gasteiger partial charge < -0.3 is 9.88 Å². The van der Waals surface area contributed by atoms with Gasteiger partial charge in [-0.3, -0.25) is 0 Å². The molecule has 4 rings (SSSR count). The maximum absolute atomic E-state index is 11.9. The number of fused-ring (bicyclic) bond motifs is 3. The second-order valence-electron chi connectivity index (χ2n) is 6.28. The van der Waals surface area contributed by atoms with Gasteiger partial charge in [0.05, 0.1) is 29.5 Å². The molecular weight excluding hydrogens is 354 g/mol. The lowest BCUT2D eigenvalue weighted by molar-refractivity contribution is 0.465. The third-order valence-corrected chi connectivity index (χ3v) is 5.69. The van der Waals surface area contributed by atoms with Crippen molar-refractivity contribution in [2.75, 3.05) is 23.7 Å². The Hall–Kier alpha value is -2.77. The molecule has 0 bridgehead atoms. The molecule has 10 heteroatoms. The van der Waals surface area contributed by atoms with E-state index in [1.165, 1.54) is 0 Å². The Labute approximate surface area is 150 Å². The van der Waals surface area contributed by atoms with Crippen LogP contribution in [0.2, 0.25) is 0 Å². The fraction of sp³-hybridized carbons (Fsp3) is 0.375. The van der Waals surface area contributed by atoms with Gasteiger partial charge in [-0.1, -0.05) is 0 Å². The summed E-state index contributed by atoms with van der Waals surface area (Å²) in [5.74, 6) is 0.250. The summed E-state index contributed by atoms with van der Waals surface area (Å²) in [6.07, 6.45) is 6.61. The molecule has 3 aromatic heterocycles. The van der Waals surface area contributed by atoms with Gasteiger partial charge in [-0.05, 0) is 18.9 Å². The molecule has 0 aliphatic carbocycles. The van der Waals surface area contributed by atoms with Crippen LogP contribution in [0.3, 0.4) is 0 Å². The van der Waals surface area contributed by atoms with Crippen molar-refractivity contribution in [3.8, 4) is 6.07 Å². The number of hydrogen-bond acceptors (Lipinski definition) is 7. The van der Waals surface area contributed by atoms with Crippen LogP contribution in [0.25, 0.3) is 21.9 Å². The standard InChI is InChI=1S/C16H17N7O2S/c17-4-7-26(24,25)22-11-2-1-6-23(9-11)16-14-12-3-5-18-15(12)19-8-13(14)20-10-21-16/h3,5,8,10-11,22H,1-2,6-7,9H2,(H,20,21). The van der Waals surface area contributed by atoms with Gasteiger partial charge in [0.1, 0.15) is 5.82 Å². The molecular formula is C16H17N7O2S. The topological polar surface area (TPSA) is 128 Å². The number of rotatable bonds is 4. The molecule has 0 aromatic carbocycles. The van der Waals surface area contributed by atoms with E-state index in [0.717, 1.165) is 41.5 Å². The lowest BCUT2D eigenvalue weighted by Gasteiger charge is -2.34. The molecule has 0 radical (unpaired) electrons. The van der Waals surface area contributed by atoms with Gasteiger partial charge in [0.15, 0.2) is 11.4 Å². The number of piperidine rings is 1. The monoisotopic (exact) mass is 371 g/mol. The van der Waals surface area contributed by atoms with E-state index in [9.17, 15) is 8.42 Å². The molecule has 1 aliphatic rings.